The molecule has 0 atom stereocenters. The molecule has 31 heavy (non-hydrogen) atoms. The van der Waals surface area contributed by atoms with Crippen LogP contribution < -0.4 is 5.32 Å². The molecule has 0 radical (unpaired) electrons. The van der Waals surface area contributed by atoms with Crippen molar-refractivity contribution in [1.82, 2.24) is 14.8 Å². The normalized spacial score (nSPS) is 11.2. The summed E-state index contributed by atoms with van der Waals surface area (Å²) in [6.07, 6.45) is 2.46. The van der Waals surface area contributed by atoms with Crippen LogP contribution in [0, 0.1) is 0 Å². The third-order valence-corrected chi connectivity index (χ3v) is 4.70. The highest BCUT2D eigenvalue weighted by Crippen LogP contribution is 2.27. The molecule has 0 bridgehead atoms. The predicted molar refractivity (Wildman–Crippen MR) is 119 cm³/mol. The van der Waals surface area contributed by atoms with Gasteiger partial charge in [-0.25, -0.2) is 4.68 Å². The molecule has 0 aliphatic heterocycles. The van der Waals surface area contributed by atoms with E-state index in [9.17, 15) is 9.59 Å². The van der Waals surface area contributed by atoms with Crippen molar-refractivity contribution in [1.29, 1.82) is 0 Å². The highest BCUT2D eigenvalue weighted by atomic mass is 16.5. The summed E-state index contributed by atoms with van der Waals surface area (Å²) in [7, 11) is 0. The minimum absolute atomic E-state index is 0.197. The largest absolute Gasteiger partial charge is 0.466 e. The lowest BCUT2D eigenvalue weighted by Gasteiger charge is -2.14. The molecule has 3 rings (SSSR count). The quantitative estimate of drug-likeness (QED) is 0.576. The van der Waals surface area contributed by atoms with Gasteiger partial charge in [0.25, 0.3) is 5.91 Å². The van der Waals surface area contributed by atoms with Crippen LogP contribution in [0.1, 0.15) is 55.9 Å². The van der Waals surface area contributed by atoms with Gasteiger partial charge in [0, 0.05) is 24.1 Å². The van der Waals surface area contributed by atoms with Gasteiger partial charge in [-0.05, 0) is 43.2 Å². The van der Waals surface area contributed by atoms with Crippen molar-refractivity contribution in [2.45, 2.75) is 46.0 Å². The highest BCUT2D eigenvalue weighted by molar-refractivity contribution is 6.02. The lowest BCUT2D eigenvalue weighted by atomic mass is 9.92. The topological polar surface area (TPSA) is 86.1 Å². The van der Waals surface area contributed by atoms with Crippen LogP contribution in [0.4, 0.5) is 5.82 Å². The second-order valence-corrected chi connectivity index (χ2v) is 8.22. The van der Waals surface area contributed by atoms with Crippen molar-refractivity contribution in [2.24, 2.45) is 0 Å². The molecule has 0 unspecified atom stereocenters. The number of hydrogen-bond donors (Lipinski definition) is 1. The van der Waals surface area contributed by atoms with E-state index in [2.05, 4.69) is 31.1 Å². The number of amides is 1. The SMILES string of the molecule is CCOC(=O)CCc1cccc(-n2nc(C(C)(C)C)cc2NC(=O)c2ccccn2)c1. The summed E-state index contributed by atoms with van der Waals surface area (Å²) in [6, 6.07) is 14.8. The lowest BCUT2D eigenvalue weighted by Crippen LogP contribution is -2.16. The fourth-order valence-electron chi connectivity index (χ4n) is 3.03. The summed E-state index contributed by atoms with van der Waals surface area (Å²) in [5.74, 6) is 0.0362. The summed E-state index contributed by atoms with van der Waals surface area (Å²) in [5, 5.41) is 7.68. The van der Waals surface area contributed by atoms with E-state index < -0.39 is 0 Å². The van der Waals surface area contributed by atoms with E-state index in [0.29, 0.717) is 31.0 Å². The van der Waals surface area contributed by atoms with Crippen LogP contribution in [-0.2, 0) is 21.4 Å². The fourth-order valence-corrected chi connectivity index (χ4v) is 3.03. The van der Waals surface area contributed by atoms with Crippen molar-refractivity contribution < 1.29 is 14.3 Å². The van der Waals surface area contributed by atoms with Gasteiger partial charge in [-0.1, -0.05) is 39.0 Å². The first-order valence-corrected chi connectivity index (χ1v) is 10.4. The molecule has 162 valence electrons. The molecule has 0 aliphatic carbocycles. The van der Waals surface area contributed by atoms with Crippen molar-refractivity contribution >= 4 is 17.7 Å². The van der Waals surface area contributed by atoms with Gasteiger partial charge in [-0.15, -0.1) is 0 Å². The first-order chi connectivity index (χ1) is 14.8. The number of anilines is 1. The van der Waals surface area contributed by atoms with Gasteiger partial charge in [0.1, 0.15) is 11.5 Å². The average Bonchev–Trinajstić information content (AvgIpc) is 3.18. The second kappa shape index (κ2) is 9.55. The number of carbonyl (C=O) groups excluding carboxylic acids is 2. The van der Waals surface area contributed by atoms with Crippen LogP contribution in [-0.4, -0.2) is 33.2 Å². The molecule has 0 saturated heterocycles. The molecule has 0 aliphatic rings. The Labute approximate surface area is 182 Å². The lowest BCUT2D eigenvalue weighted by molar-refractivity contribution is -0.143. The zero-order chi connectivity index (χ0) is 22.4. The van der Waals surface area contributed by atoms with Crippen molar-refractivity contribution in [3.05, 3.63) is 71.7 Å². The third-order valence-electron chi connectivity index (χ3n) is 4.70. The molecule has 0 saturated carbocycles. The zero-order valence-electron chi connectivity index (χ0n) is 18.4. The minimum Gasteiger partial charge on any atom is -0.466 e. The Bertz CT molecular complexity index is 1050. The number of carbonyl (C=O) groups is 2. The van der Waals surface area contributed by atoms with Gasteiger partial charge in [-0.2, -0.15) is 5.10 Å². The smallest absolute Gasteiger partial charge is 0.306 e. The number of nitrogens with one attached hydrogen (secondary N) is 1. The molecule has 1 aromatic carbocycles. The molecule has 7 nitrogen and oxygen atoms in total. The van der Waals surface area contributed by atoms with Crippen LogP contribution in [0.3, 0.4) is 0 Å². The Morgan fingerprint density at radius 2 is 1.90 bits per heavy atom. The Hall–Kier alpha value is -3.48. The third kappa shape index (κ3) is 5.78. The maximum Gasteiger partial charge on any atom is 0.306 e. The molecule has 0 fully saturated rings. The van der Waals surface area contributed by atoms with E-state index >= 15 is 0 Å². The number of rotatable bonds is 7. The maximum atomic E-state index is 12.7. The molecule has 1 amide bonds. The van der Waals surface area contributed by atoms with E-state index in [0.717, 1.165) is 16.9 Å². The number of nitrogens with zero attached hydrogens (tertiary/aromatic N) is 3. The van der Waals surface area contributed by atoms with Crippen LogP contribution in [0.5, 0.6) is 0 Å². The van der Waals surface area contributed by atoms with Gasteiger partial charge >= 0.3 is 5.97 Å². The van der Waals surface area contributed by atoms with Gasteiger partial charge < -0.3 is 10.1 Å². The number of benzene rings is 1. The van der Waals surface area contributed by atoms with Crippen molar-refractivity contribution in [3.63, 3.8) is 0 Å². The summed E-state index contributed by atoms with van der Waals surface area (Å²) >= 11 is 0. The molecule has 0 spiro atoms. The van der Waals surface area contributed by atoms with Gasteiger partial charge in [-0.3, -0.25) is 14.6 Å². The number of hydrogen-bond acceptors (Lipinski definition) is 5. The van der Waals surface area contributed by atoms with Crippen LogP contribution in [0.15, 0.2) is 54.7 Å². The van der Waals surface area contributed by atoms with E-state index in [1.807, 2.05) is 30.3 Å². The van der Waals surface area contributed by atoms with E-state index in [-0.39, 0.29) is 17.3 Å². The number of esters is 1. The summed E-state index contributed by atoms with van der Waals surface area (Å²) < 4.78 is 6.73. The first-order valence-electron chi connectivity index (χ1n) is 10.4. The van der Waals surface area contributed by atoms with Crippen LogP contribution in [0.25, 0.3) is 5.69 Å². The van der Waals surface area contributed by atoms with Gasteiger partial charge in [0.05, 0.1) is 18.0 Å². The molecule has 1 N–H and O–H groups in total. The summed E-state index contributed by atoms with van der Waals surface area (Å²) in [6.45, 7) is 8.38. The number of aromatic nitrogens is 3. The maximum absolute atomic E-state index is 12.7. The molecule has 3 aromatic rings. The van der Waals surface area contributed by atoms with E-state index in [1.165, 1.54) is 0 Å². The molecular formula is C24H28N4O3. The van der Waals surface area contributed by atoms with Gasteiger partial charge in [0.15, 0.2) is 0 Å². The number of pyridine rings is 1. The standard InChI is InChI=1S/C24H28N4O3/c1-5-31-22(29)13-12-17-9-8-10-18(15-17)28-21(16-20(27-28)24(2,3)4)26-23(30)19-11-6-7-14-25-19/h6-11,14-16H,5,12-13H2,1-4H3,(H,26,30). The Balaban J connectivity index is 1.91. The van der Waals surface area contributed by atoms with Crippen molar-refractivity contribution in [2.75, 3.05) is 11.9 Å². The molecular weight excluding hydrogens is 392 g/mol. The van der Waals surface area contributed by atoms with E-state index in [4.69, 9.17) is 9.84 Å². The highest BCUT2D eigenvalue weighted by Gasteiger charge is 2.22. The van der Waals surface area contributed by atoms with Gasteiger partial charge in [0.2, 0.25) is 0 Å². The summed E-state index contributed by atoms with van der Waals surface area (Å²) in [4.78, 5) is 28.5. The predicted octanol–water partition coefficient (Wildman–Crippen LogP) is 4.31. The summed E-state index contributed by atoms with van der Waals surface area (Å²) in [5.41, 5.74) is 2.77. The average molecular weight is 421 g/mol. The number of ether oxygens (including phenoxy) is 1. The monoisotopic (exact) mass is 420 g/mol. The van der Waals surface area contributed by atoms with Crippen LogP contribution in [0.2, 0.25) is 0 Å². The second-order valence-electron chi connectivity index (χ2n) is 8.22. The zero-order valence-corrected chi connectivity index (χ0v) is 18.4. The molecule has 2 heterocycles. The molecule has 2 aromatic heterocycles. The van der Waals surface area contributed by atoms with Crippen LogP contribution >= 0.6 is 0 Å². The Kier molecular flexibility index (Phi) is 6.84. The Morgan fingerprint density at radius 3 is 2.58 bits per heavy atom. The van der Waals surface area contributed by atoms with E-state index in [1.54, 1.807) is 36.0 Å². The molecule has 7 heteroatoms. The number of aryl methyl sites for hydroxylation is 1. The Morgan fingerprint density at radius 1 is 1.10 bits per heavy atom. The first kappa shape index (κ1) is 22.2. The fraction of sp³-hybridized carbons (Fsp3) is 0.333. The van der Waals surface area contributed by atoms with Crippen molar-refractivity contribution in [3.8, 4) is 5.69 Å². The minimum atomic E-state index is -0.305.